The van der Waals surface area contributed by atoms with Gasteiger partial charge in [-0.25, -0.2) is 0 Å². The summed E-state index contributed by atoms with van der Waals surface area (Å²) in [5.41, 5.74) is 2.45. The summed E-state index contributed by atoms with van der Waals surface area (Å²) in [7, 11) is 2.14. The number of hydrogen-bond acceptors (Lipinski definition) is 5. The molecular weight excluding hydrogens is 228 g/mol. The van der Waals surface area contributed by atoms with E-state index in [1.165, 1.54) is 5.56 Å². The molecule has 18 heavy (non-hydrogen) atoms. The van der Waals surface area contributed by atoms with Crippen molar-refractivity contribution in [1.29, 1.82) is 0 Å². The van der Waals surface area contributed by atoms with E-state index in [-0.39, 0.29) is 6.61 Å². The molecule has 1 fully saturated rings. The second kappa shape index (κ2) is 4.82. The average Bonchev–Trinajstić information content (AvgIpc) is 2.86. The molecule has 98 valence electrons. The van der Waals surface area contributed by atoms with E-state index in [0.717, 1.165) is 50.5 Å². The van der Waals surface area contributed by atoms with E-state index < -0.39 is 0 Å². The zero-order valence-electron chi connectivity index (χ0n) is 10.8. The highest BCUT2D eigenvalue weighted by molar-refractivity contribution is 5.43. The minimum Gasteiger partial charge on any atom is -0.396 e. The molecule has 1 N–H and O–H groups in total. The Balaban J connectivity index is 1.80. The molecule has 3 heterocycles. The molecule has 1 unspecified atom stereocenters. The van der Waals surface area contributed by atoms with E-state index in [1.807, 2.05) is 0 Å². The number of likely N-dealkylation sites (N-methyl/N-ethyl adjacent to an activating group) is 1. The van der Waals surface area contributed by atoms with Gasteiger partial charge in [-0.15, -0.1) is 5.10 Å². The van der Waals surface area contributed by atoms with Crippen molar-refractivity contribution in [2.45, 2.75) is 19.4 Å². The van der Waals surface area contributed by atoms with Gasteiger partial charge < -0.3 is 14.9 Å². The lowest BCUT2D eigenvalue weighted by molar-refractivity contribution is 0.238. The van der Waals surface area contributed by atoms with Crippen LogP contribution in [0, 0.1) is 5.92 Å². The molecule has 0 amide bonds. The van der Waals surface area contributed by atoms with Crippen LogP contribution in [0.1, 0.15) is 17.7 Å². The van der Waals surface area contributed by atoms with Crippen LogP contribution in [0.2, 0.25) is 0 Å². The molecule has 0 aromatic carbocycles. The molecule has 5 nitrogen and oxygen atoms in total. The van der Waals surface area contributed by atoms with Gasteiger partial charge in [0.15, 0.2) is 5.82 Å². The van der Waals surface area contributed by atoms with Crippen molar-refractivity contribution in [2.75, 3.05) is 38.2 Å². The van der Waals surface area contributed by atoms with E-state index in [2.05, 4.69) is 33.1 Å². The van der Waals surface area contributed by atoms with E-state index in [9.17, 15) is 5.11 Å². The quantitative estimate of drug-likeness (QED) is 0.815. The van der Waals surface area contributed by atoms with E-state index in [1.54, 1.807) is 0 Å². The minimum atomic E-state index is 0.275. The summed E-state index contributed by atoms with van der Waals surface area (Å²) in [5, 5.41) is 17.9. The molecule has 0 aliphatic carbocycles. The molecule has 0 bridgehead atoms. The number of aromatic nitrogens is 2. The van der Waals surface area contributed by atoms with Crippen LogP contribution in [0.3, 0.4) is 0 Å². The minimum absolute atomic E-state index is 0.275. The van der Waals surface area contributed by atoms with Crippen LogP contribution >= 0.6 is 0 Å². The number of nitrogens with zero attached hydrogens (tertiary/aromatic N) is 4. The van der Waals surface area contributed by atoms with Gasteiger partial charge in [-0.05, 0) is 25.1 Å². The highest BCUT2D eigenvalue weighted by Crippen LogP contribution is 2.24. The Hall–Kier alpha value is -1.20. The summed E-state index contributed by atoms with van der Waals surface area (Å²) in [6.45, 7) is 4.19. The number of anilines is 1. The zero-order chi connectivity index (χ0) is 12.5. The Bertz CT molecular complexity index is 437. The van der Waals surface area contributed by atoms with E-state index in [4.69, 9.17) is 0 Å². The molecular formula is C13H20N4O. The van der Waals surface area contributed by atoms with Gasteiger partial charge in [-0.3, -0.25) is 0 Å². The van der Waals surface area contributed by atoms with Crippen molar-refractivity contribution in [3.8, 4) is 0 Å². The largest absolute Gasteiger partial charge is 0.396 e. The smallest absolute Gasteiger partial charge is 0.151 e. The first-order valence-corrected chi connectivity index (χ1v) is 6.66. The van der Waals surface area contributed by atoms with E-state index in [0.29, 0.717) is 5.92 Å². The van der Waals surface area contributed by atoms with Crippen LogP contribution in [-0.2, 0) is 13.0 Å². The lowest BCUT2D eigenvalue weighted by Gasteiger charge is -2.25. The summed E-state index contributed by atoms with van der Waals surface area (Å²) in [4.78, 5) is 4.55. The van der Waals surface area contributed by atoms with Crippen molar-refractivity contribution in [2.24, 2.45) is 5.92 Å². The Labute approximate surface area is 107 Å². The van der Waals surface area contributed by atoms with Crippen molar-refractivity contribution < 1.29 is 5.11 Å². The van der Waals surface area contributed by atoms with Gasteiger partial charge in [0.2, 0.25) is 0 Å². The predicted octanol–water partition coefficient (Wildman–Crippen LogP) is 0.283. The Morgan fingerprint density at radius 2 is 2.28 bits per heavy atom. The van der Waals surface area contributed by atoms with E-state index >= 15 is 0 Å². The summed E-state index contributed by atoms with van der Waals surface area (Å²) in [6, 6.07) is 2.18. The van der Waals surface area contributed by atoms with Crippen LogP contribution in [0.4, 0.5) is 5.82 Å². The lowest BCUT2D eigenvalue weighted by atomic mass is 10.1. The predicted molar refractivity (Wildman–Crippen MR) is 69.5 cm³/mol. The number of aliphatic hydroxyl groups excluding tert-OH is 1. The fraction of sp³-hybridized carbons (Fsp3) is 0.692. The fourth-order valence-electron chi connectivity index (χ4n) is 2.80. The van der Waals surface area contributed by atoms with Gasteiger partial charge in [0.25, 0.3) is 0 Å². The number of aliphatic hydroxyl groups is 1. The van der Waals surface area contributed by atoms with Gasteiger partial charge in [-0.1, -0.05) is 0 Å². The van der Waals surface area contributed by atoms with Crippen molar-refractivity contribution in [1.82, 2.24) is 15.1 Å². The van der Waals surface area contributed by atoms with Crippen LogP contribution in [0.25, 0.3) is 0 Å². The maximum Gasteiger partial charge on any atom is 0.151 e. The molecule has 1 aromatic rings. The van der Waals surface area contributed by atoms with Crippen molar-refractivity contribution in [3.05, 3.63) is 17.3 Å². The maximum absolute atomic E-state index is 9.19. The molecule has 2 aliphatic heterocycles. The van der Waals surface area contributed by atoms with Gasteiger partial charge in [0.05, 0.1) is 5.69 Å². The average molecular weight is 248 g/mol. The second-order valence-electron chi connectivity index (χ2n) is 5.45. The third kappa shape index (κ3) is 2.20. The summed E-state index contributed by atoms with van der Waals surface area (Å²) in [5.74, 6) is 1.37. The molecule has 0 spiro atoms. The highest BCUT2D eigenvalue weighted by Gasteiger charge is 2.24. The Morgan fingerprint density at radius 1 is 1.39 bits per heavy atom. The molecule has 5 heteroatoms. The lowest BCUT2D eigenvalue weighted by Crippen LogP contribution is -2.29. The number of rotatable bonds is 2. The third-order valence-corrected chi connectivity index (χ3v) is 3.99. The monoisotopic (exact) mass is 248 g/mol. The Morgan fingerprint density at radius 3 is 3.06 bits per heavy atom. The SMILES string of the molecule is CN1CCc2nnc(N3CCC(CO)C3)cc2C1. The van der Waals surface area contributed by atoms with Gasteiger partial charge >= 0.3 is 0 Å². The van der Waals surface area contributed by atoms with Crippen LogP contribution in [-0.4, -0.2) is 53.5 Å². The van der Waals surface area contributed by atoms with Crippen molar-refractivity contribution >= 4 is 5.82 Å². The third-order valence-electron chi connectivity index (χ3n) is 3.99. The standard InChI is InChI=1S/C13H20N4O/c1-16-4-3-12-11(8-16)6-13(15-14-12)17-5-2-10(7-17)9-18/h6,10,18H,2-5,7-9H2,1H3. The van der Waals surface area contributed by atoms with Crippen LogP contribution < -0.4 is 4.90 Å². The maximum atomic E-state index is 9.19. The summed E-state index contributed by atoms with van der Waals surface area (Å²) >= 11 is 0. The fourth-order valence-corrected chi connectivity index (χ4v) is 2.80. The van der Waals surface area contributed by atoms with Gasteiger partial charge in [-0.2, -0.15) is 5.10 Å². The summed E-state index contributed by atoms with van der Waals surface area (Å²) < 4.78 is 0. The molecule has 1 atom stereocenters. The molecule has 1 saturated heterocycles. The number of hydrogen-bond donors (Lipinski definition) is 1. The van der Waals surface area contributed by atoms with Crippen LogP contribution in [0.5, 0.6) is 0 Å². The van der Waals surface area contributed by atoms with Crippen LogP contribution in [0.15, 0.2) is 6.07 Å². The van der Waals surface area contributed by atoms with Crippen molar-refractivity contribution in [3.63, 3.8) is 0 Å². The first-order chi connectivity index (χ1) is 8.76. The normalized spacial score (nSPS) is 24.3. The first-order valence-electron chi connectivity index (χ1n) is 6.66. The molecule has 0 saturated carbocycles. The Kier molecular flexibility index (Phi) is 3.18. The van der Waals surface area contributed by atoms with Gasteiger partial charge in [0.1, 0.15) is 0 Å². The highest BCUT2D eigenvalue weighted by atomic mass is 16.3. The molecule has 0 radical (unpaired) electrons. The molecule has 1 aromatic heterocycles. The topological polar surface area (TPSA) is 52.5 Å². The first kappa shape index (κ1) is 11.9. The zero-order valence-corrected chi connectivity index (χ0v) is 10.8. The number of fused-ring (bicyclic) bond motifs is 1. The van der Waals surface area contributed by atoms with Gasteiger partial charge in [0, 0.05) is 45.1 Å². The summed E-state index contributed by atoms with van der Waals surface area (Å²) in [6.07, 6.45) is 2.05. The second-order valence-corrected chi connectivity index (χ2v) is 5.45. The molecule has 2 aliphatic rings. The molecule has 3 rings (SSSR count).